The molecule has 0 radical (unpaired) electrons. The molecule has 1 aliphatic heterocycles. The van der Waals surface area contributed by atoms with Gasteiger partial charge in [0.2, 0.25) is 0 Å². The fraction of sp³-hybridized carbons (Fsp3) is 0.467. The molecule has 1 aromatic rings. The molecule has 0 unspecified atom stereocenters. The molecule has 7 nitrogen and oxygen atoms in total. The molecular weight excluding hydrogens is 322 g/mol. The van der Waals surface area contributed by atoms with Crippen LogP contribution in [0, 0.1) is 0 Å². The summed E-state index contributed by atoms with van der Waals surface area (Å²) < 4.78 is 11.2. The highest BCUT2D eigenvalue weighted by Gasteiger charge is 2.40. The van der Waals surface area contributed by atoms with E-state index in [0.717, 1.165) is 0 Å². The molecule has 3 amide bonds. The van der Waals surface area contributed by atoms with Crippen LogP contribution in [0.3, 0.4) is 0 Å². The number of urea groups is 1. The number of nitrogens with zero attached hydrogens (tertiary/aromatic N) is 2. The quantitative estimate of drug-likeness (QED) is 0.910. The standard InChI is InChI=1S/C15H20ClN3O4/c1-17-14(20)23-13-9-19(15(21)18(2)3)8-12(13)22-11-6-4-10(16)5-7-11/h4-7,12-13H,8-9H2,1-3H3,(H,17,20)/t12-,13-/m0/s1. The van der Waals surface area contributed by atoms with E-state index in [1.54, 1.807) is 43.3 Å². The van der Waals surface area contributed by atoms with Crippen LogP contribution in [-0.2, 0) is 4.74 Å². The van der Waals surface area contributed by atoms with Crippen LogP contribution in [0.25, 0.3) is 0 Å². The van der Waals surface area contributed by atoms with Gasteiger partial charge in [0.15, 0.2) is 12.2 Å². The lowest BCUT2D eigenvalue weighted by atomic mass is 10.2. The number of nitrogens with one attached hydrogen (secondary N) is 1. The smallest absolute Gasteiger partial charge is 0.407 e. The minimum atomic E-state index is -0.557. The van der Waals surface area contributed by atoms with Crippen molar-refractivity contribution in [3.8, 4) is 5.75 Å². The second-order valence-electron chi connectivity index (χ2n) is 5.39. The molecule has 8 heteroatoms. The van der Waals surface area contributed by atoms with E-state index in [2.05, 4.69) is 5.32 Å². The maximum absolute atomic E-state index is 12.1. The zero-order valence-electron chi connectivity index (χ0n) is 13.3. The molecule has 0 aromatic heterocycles. The third-order valence-electron chi connectivity index (χ3n) is 3.43. The maximum Gasteiger partial charge on any atom is 0.407 e. The lowest BCUT2D eigenvalue weighted by molar-refractivity contribution is 0.0455. The van der Waals surface area contributed by atoms with Crippen molar-refractivity contribution in [3.63, 3.8) is 0 Å². The third kappa shape index (κ3) is 4.41. The van der Waals surface area contributed by atoms with Gasteiger partial charge in [-0.3, -0.25) is 0 Å². The Labute approximate surface area is 140 Å². The number of hydrogen-bond acceptors (Lipinski definition) is 4. The summed E-state index contributed by atoms with van der Waals surface area (Å²) in [6.07, 6.45) is -1.55. The molecular formula is C15H20ClN3O4. The zero-order chi connectivity index (χ0) is 17.0. The number of rotatable bonds is 3. The van der Waals surface area contributed by atoms with E-state index in [1.165, 1.54) is 11.9 Å². The van der Waals surface area contributed by atoms with Gasteiger partial charge in [0.05, 0.1) is 13.1 Å². The van der Waals surface area contributed by atoms with Crippen LogP contribution in [-0.4, -0.2) is 68.4 Å². The van der Waals surface area contributed by atoms with Crippen LogP contribution in [0.15, 0.2) is 24.3 Å². The lowest BCUT2D eigenvalue weighted by Crippen LogP contribution is -2.38. The van der Waals surface area contributed by atoms with Gasteiger partial charge in [0, 0.05) is 26.2 Å². The SMILES string of the molecule is CNC(=O)O[C@H]1CN(C(=O)N(C)C)C[C@@H]1Oc1ccc(Cl)cc1. The topological polar surface area (TPSA) is 71.1 Å². The summed E-state index contributed by atoms with van der Waals surface area (Å²) in [5.41, 5.74) is 0. The fourth-order valence-electron chi connectivity index (χ4n) is 2.29. The molecule has 2 rings (SSSR count). The highest BCUT2D eigenvalue weighted by atomic mass is 35.5. The van der Waals surface area contributed by atoms with Crippen LogP contribution < -0.4 is 10.1 Å². The first-order valence-electron chi connectivity index (χ1n) is 7.17. The van der Waals surface area contributed by atoms with E-state index in [4.69, 9.17) is 21.1 Å². The number of halogens is 1. The first-order valence-corrected chi connectivity index (χ1v) is 7.55. The Bertz CT molecular complexity index is 564. The van der Waals surface area contributed by atoms with Crippen molar-refractivity contribution >= 4 is 23.7 Å². The molecule has 0 spiro atoms. The highest BCUT2D eigenvalue weighted by Crippen LogP contribution is 2.23. The molecule has 2 atom stereocenters. The summed E-state index contributed by atoms with van der Waals surface area (Å²) in [7, 11) is 4.82. The summed E-state index contributed by atoms with van der Waals surface area (Å²) in [5, 5.41) is 3.01. The molecule has 1 N–H and O–H groups in total. The number of benzene rings is 1. The molecule has 0 saturated carbocycles. The van der Waals surface area contributed by atoms with Gasteiger partial charge in [-0.2, -0.15) is 0 Å². The summed E-state index contributed by atoms with van der Waals surface area (Å²) in [5.74, 6) is 0.601. The van der Waals surface area contributed by atoms with Gasteiger partial charge < -0.3 is 24.6 Å². The van der Waals surface area contributed by atoms with Crippen LogP contribution in [0.5, 0.6) is 5.75 Å². The predicted molar refractivity (Wildman–Crippen MR) is 85.9 cm³/mol. The van der Waals surface area contributed by atoms with Crippen molar-refractivity contribution in [3.05, 3.63) is 29.3 Å². The molecule has 126 valence electrons. The second kappa shape index (κ2) is 7.41. The monoisotopic (exact) mass is 341 g/mol. The van der Waals surface area contributed by atoms with Gasteiger partial charge >= 0.3 is 12.1 Å². The molecule has 1 heterocycles. The Morgan fingerprint density at radius 1 is 1.22 bits per heavy atom. The van der Waals surface area contributed by atoms with Crippen molar-refractivity contribution in [2.45, 2.75) is 12.2 Å². The average molecular weight is 342 g/mol. The molecule has 0 aliphatic carbocycles. The number of carbonyl (C=O) groups excluding carboxylic acids is 2. The summed E-state index contributed by atoms with van der Waals surface area (Å²) >= 11 is 5.85. The summed E-state index contributed by atoms with van der Waals surface area (Å²) in [6, 6.07) is 6.73. The minimum Gasteiger partial charge on any atom is -0.485 e. The predicted octanol–water partition coefficient (Wildman–Crippen LogP) is 1.81. The molecule has 1 aromatic carbocycles. The van der Waals surface area contributed by atoms with Crippen LogP contribution >= 0.6 is 11.6 Å². The molecule has 1 aliphatic rings. The number of likely N-dealkylation sites (tertiary alicyclic amines) is 1. The van der Waals surface area contributed by atoms with Crippen molar-refractivity contribution in [1.82, 2.24) is 15.1 Å². The summed E-state index contributed by atoms with van der Waals surface area (Å²) in [4.78, 5) is 26.7. The Balaban J connectivity index is 2.10. The number of ether oxygens (including phenoxy) is 2. The van der Waals surface area contributed by atoms with E-state index in [9.17, 15) is 9.59 Å². The van der Waals surface area contributed by atoms with Crippen LogP contribution in [0.4, 0.5) is 9.59 Å². The van der Waals surface area contributed by atoms with Crippen molar-refractivity contribution in [2.24, 2.45) is 0 Å². The van der Waals surface area contributed by atoms with Crippen molar-refractivity contribution in [1.29, 1.82) is 0 Å². The highest BCUT2D eigenvalue weighted by molar-refractivity contribution is 6.30. The lowest BCUT2D eigenvalue weighted by Gasteiger charge is -2.20. The third-order valence-corrected chi connectivity index (χ3v) is 3.68. The normalized spacial score (nSPS) is 20.1. The number of carbonyl (C=O) groups is 2. The van der Waals surface area contributed by atoms with Gasteiger partial charge in [0.25, 0.3) is 0 Å². The van der Waals surface area contributed by atoms with Gasteiger partial charge in [-0.15, -0.1) is 0 Å². The number of alkyl carbamates (subject to hydrolysis) is 1. The summed E-state index contributed by atoms with van der Waals surface area (Å²) in [6.45, 7) is 0.615. The van der Waals surface area contributed by atoms with Gasteiger partial charge in [0.1, 0.15) is 5.75 Å². The van der Waals surface area contributed by atoms with E-state index in [0.29, 0.717) is 17.3 Å². The molecule has 23 heavy (non-hydrogen) atoms. The Hall–Kier alpha value is -2.15. The average Bonchev–Trinajstić information content (AvgIpc) is 2.91. The van der Waals surface area contributed by atoms with Gasteiger partial charge in [-0.1, -0.05) is 11.6 Å². The van der Waals surface area contributed by atoms with E-state index in [-0.39, 0.29) is 12.6 Å². The first-order chi connectivity index (χ1) is 10.9. The zero-order valence-corrected chi connectivity index (χ0v) is 14.0. The molecule has 1 fully saturated rings. The number of hydrogen-bond donors (Lipinski definition) is 1. The van der Waals surface area contributed by atoms with Gasteiger partial charge in [-0.25, -0.2) is 9.59 Å². The molecule has 0 bridgehead atoms. The largest absolute Gasteiger partial charge is 0.485 e. The van der Waals surface area contributed by atoms with E-state index < -0.39 is 18.3 Å². The first kappa shape index (κ1) is 17.2. The molecule has 1 saturated heterocycles. The van der Waals surface area contributed by atoms with Crippen molar-refractivity contribution < 1.29 is 19.1 Å². The van der Waals surface area contributed by atoms with Crippen LogP contribution in [0.1, 0.15) is 0 Å². The van der Waals surface area contributed by atoms with Crippen molar-refractivity contribution in [2.75, 3.05) is 34.2 Å². The van der Waals surface area contributed by atoms with Gasteiger partial charge in [-0.05, 0) is 24.3 Å². The Morgan fingerprint density at radius 2 is 1.83 bits per heavy atom. The maximum atomic E-state index is 12.1. The van der Waals surface area contributed by atoms with Crippen LogP contribution in [0.2, 0.25) is 5.02 Å². The van der Waals surface area contributed by atoms with E-state index >= 15 is 0 Å². The van der Waals surface area contributed by atoms with E-state index in [1.807, 2.05) is 0 Å². The number of amides is 3. The fourth-order valence-corrected chi connectivity index (χ4v) is 2.42. The Morgan fingerprint density at radius 3 is 2.39 bits per heavy atom. The second-order valence-corrected chi connectivity index (χ2v) is 5.82. The minimum absolute atomic E-state index is 0.155. The Kier molecular flexibility index (Phi) is 5.54.